The van der Waals surface area contributed by atoms with Crippen LogP contribution >= 0.6 is 0 Å². The fraction of sp³-hybridized carbons (Fsp3) is 0.185. The van der Waals surface area contributed by atoms with Gasteiger partial charge in [-0.3, -0.25) is 4.79 Å². The van der Waals surface area contributed by atoms with Gasteiger partial charge in [0.15, 0.2) is 11.5 Å². The lowest BCUT2D eigenvalue weighted by Gasteiger charge is -2.17. The second-order valence-electron chi connectivity index (χ2n) is 7.59. The van der Waals surface area contributed by atoms with E-state index in [4.69, 9.17) is 19.2 Å². The van der Waals surface area contributed by atoms with Crippen molar-refractivity contribution >= 4 is 16.8 Å². The number of nitrogens with zero attached hydrogens (tertiary/aromatic N) is 1. The van der Waals surface area contributed by atoms with Crippen molar-refractivity contribution in [3.63, 3.8) is 0 Å². The fourth-order valence-electron chi connectivity index (χ4n) is 3.84. The third kappa shape index (κ3) is 4.46. The largest absolute Gasteiger partial charge is 0.493 e. The molecule has 0 spiro atoms. The number of nitrogens with one attached hydrogen (secondary N) is 1. The Labute approximate surface area is 193 Å². The number of hydrogen-bond donors (Lipinski definition) is 1. The van der Waals surface area contributed by atoms with Gasteiger partial charge < -0.3 is 19.5 Å². The Balaban J connectivity index is 1.80. The Hall–Kier alpha value is -4.06. The molecule has 1 aromatic heterocycles. The number of ether oxygens (including phenoxy) is 3. The maximum Gasteiger partial charge on any atom is 0.252 e. The number of para-hydroxylation sites is 1. The van der Waals surface area contributed by atoms with Crippen LogP contribution in [0, 0.1) is 0 Å². The van der Waals surface area contributed by atoms with Gasteiger partial charge in [-0.25, -0.2) is 4.98 Å². The van der Waals surface area contributed by atoms with Gasteiger partial charge in [0.25, 0.3) is 5.91 Å². The highest BCUT2D eigenvalue weighted by molar-refractivity contribution is 6.07. The van der Waals surface area contributed by atoms with Crippen LogP contribution in [0.25, 0.3) is 22.2 Å². The zero-order valence-electron chi connectivity index (χ0n) is 19.1. The summed E-state index contributed by atoms with van der Waals surface area (Å²) >= 11 is 0. The molecular weight excluding hydrogens is 416 g/mol. The van der Waals surface area contributed by atoms with E-state index in [2.05, 4.69) is 5.32 Å². The van der Waals surface area contributed by atoms with E-state index >= 15 is 0 Å². The van der Waals surface area contributed by atoms with Gasteiger partial charge in [-0.05, 0) is 36.8 Å². The van der Waals surface area contributed by atoms with Crippen LogP contribution in [0.3, 0.4) is 0 Å². The summed E-state index contributed by atoms with van der Waals surface area (Å²) in [5, 5.41) is 3.89. The van der Waals surface area contributed by atoms with Gasteiger partial charge >= 0.3 is 0 Å². The summed E-state index contributed by atoms with van der Waals surface area (Å²) in [6, 6.07) is 22.8. The van der Waals surface area contributed by atoms with Crippen molar-refractivity contribution in [3.8, 4) is 28.5 Å². The lowest BCUT2D eigenvalue weighted by atomic mass is 10.0. The third-order valence-electron chi connectivity index (χ3n) is 5.57. The number of benzene rings is 3. The summed E-state index contributed by atoms with van der Waals surface area (Å²) in [6.07, 6.45) is 0. The van der Waals surface area contributed by atoms with Crippen molar-refractivity contribution in [3.05, 3.63) is 83.9 Å². The topological polar surface area (TPSA) is 69.7 Å². The van der Waals surface area contributed by atoms with Crippen LogP contribution in [-0.4, -0.2) is 32.2 Å². The van der Waals surface area contributed by atoms with E-state index in [-0.39, 0.29) is 11.9 Å². The van der Waals surface area contributed by atoms with Crippen LogP contribution in [0.2, 0.25) is 0 Å². The average Bonchev–Trinajstić information content (AvgIpc) is 2.87. The molecule has 3 aromatic carbocycles. The molecule has 6 nitrogen and oxygen atoms in total. The second kappa shape index (κ2) is 9.61. The first-order valence-electron chi connectivity index (χ1n) is 10.6. The first-order chi connectivity index (χ1) is 16.0. The number of hydrogen-bond acceptors (Lipinski definition) is 5. The SMILES string of the molecule is COc1cc(-c2cc(C(=O)N[C@@H](C)c3ccccc3)c3ccccc3n2)cc(OC)c1OC. The van der Waals surface area contributed by atoms with Crippen LogP contribution in [-0.2, 0) is 0 Å². The standard InChI is InChI=1S/C27H26N2O4/c1-17(18-10-6-5-7-11-18)28-27(30)21-16-23(29-22-13-9-8-12-20(21)22)19-14-24(31-2)26(33-4)25(15-19)32-3/h5-17H,1-4H3,(H,28,30)/t17-/m0/s1. The van der Waals surface area contributed by atoms with Gasteiger partial charge in [-0.15, -0.1) is 0 Å². The van der Waals surface area contributed by atoms with Crippen LogP contribution in [0.15, 0.2) is 72.8 Å². The van der Waals surface area contributed by atoms with Crippen molar-refractivity contribution < 1.29 is 19.0 Å². The van der Waals surface area contributed by atoms with Gasteiger partial charge in [0.05, 0.1) is 44.1 Å². The zero-order valence-corrected chi connectivity index (χ0v) is 19.1. The van der Waals surface area contributed by atoms with E-state index in [0.717, 1.165) is 22.0 Å². The summed E-state index contributed by atoms with van der Waals surface area (Å²) in [5.41, 5.74) is 3.69. The Morgan fingerprint density at radius 2 is 1.48 bits per heavy atom. The maximum absolute atomic E-state index is 13.4. The number of pyridine rings is 1. The lowest BCUT2D eigenvalue weighted by Crippen LogP contribution is -2.27. The van der Waals surface area contributed by atoms with Crippen molar-refractivity contribution in [2.24, 2.45) is 0 Å². The number of rotatable bonds is 7. The summed E-state index contributed by atoms with van der Waals surface area (Å²) < 4.78 is 16.4. The minimum Gasteiger partial charge on any atom is -0.493 e. The van der Waals surface area contributed by atoms with Crippen LogP contribution in [0.1, 0.15) is 28.9 Å². The molecule has 1 heterocycles. The molecule has 0 saturated carbocycles. The molecule has 0 aliphatic carbocycles. The molecule has 1 amide bonds. The molecule has 0 fully saturated rings. The average molecular weight is 443 g/mol. The molecule has 4 aromatic rings. The number of carbonyl (C=O) groups excluding carboxylic acids is 1. The van der Waals surface area contributed by atoms with Crippen molar-refractivity contribution in [1.82, 2.24) is 10.3 Å². The van der Waals surface area contributed by atoms with E-state index in [1.54, 1.807) is 27.4 Å². The Bertz CT molecular complexity index is 1260. The quantitative estimate of drug-likeness (QED) is 0.414. The summed E-state index contributed by atoms with van der Waals surface area (Å²) in [4.78, 5) is 18.2. The molecule has 33 heavy (non-hydrogen) atoms. The zero-order chi connectivity index (χ0) is 23.4. The van der Waals surface area contributed by atoms with Crippen molar-refractivity contribution in [2.75, 3.05) is 21.3 Å². The molecule has 0 saturated heterocycles. The van der Waals surface area contributed by atoms with E-state index in [1.807, 2.05) is 73.7 Å². The third-order valence-corrected chi connectivity index (χ3v) is 5.57. The Morgan fingerprint density at radius 3 is 2.12 bits per heavy atom. The van der Waals surface area contributed by atoms with Gasteiger partial charge in [-0.1, -0.05) is 48.5 Å². The predicted molar refractivity (Wildman–Crippen MR) is 129 cm³/mol. The fourth-order valence-corrected chi connectivity index (χ4v) is 3.84. The number of aromatic nitrogens is 1. The van der Waals surface area contributed by atoms with E-state index in [9.17, 15) is 4.79 Å². The smallest absolute Gasteiger partial charge is 0.252 e. The minimum atomic E-state index is -0.168. The monoisotopic (exact) mass is 442 g/mol. The highest BCUT2D eigenvalue weighted by atomic mass is 16.5. The van der Waals surface area contributed by atoms with E-state index in [1.165, 1.54) is 0 Å². The molecule has 168 valence electrons. The molecule has 4 rings (SSSR count). The molecule has 1 N–H and O–H groups in total. The summed E-state index contributed by atoms with van der Waals surface area (Å²) in [5.74, 6) is 1.37. The Morgan fingerprint density at radius 1 is 0.848 bits per heavy atom. The molecular formula is C27H26N2O4. The van der Waals surface area contributed by atoms with Gasteiger partial charge in [0.1, 0.15) is 0 Å². The highest BCUT2D eigenvalue weighted by Crippen LogP contribution is 2.41. The predicted octanol–water partition coefficient (Wildman–Crippen LogP) is 5.42. The van der Waals surface area contributed by atoms with Crippen LogP contribution in [0.5, 0.6) is 17.2 Å². The van der Waals surface area contributed by atoms with E-state index < -0.39 is 0 Å². The number of carbonyl (C=O) groups is 1. The first-order valence-corrected chi connectivity index (χ1v) is 10.6. The maximum atomic E-state index is 13.4. The van der Waals surface area contributed by atoms with Gasteiger partial charge in [0.2, 0.25) is 5.75 Å². The van der Waals surface area contributed by atoms with Gasteiger partial charge in [-0.2, -0.15) is 0 Å². The number of fused-ring (bicyclic) bond motifs is 1. The molecule has 6 heteroatoms. The van der Waals surface area contributed by atoms with Crippen molar-refractivity contribution in [1.29, 1.82) is 0 Å². The van der Waals surface area contributed by atoms with Crippen LogP contribution < -0.4 is 19.5 Å². The second-order valence-corrected chi connectivity index (χ2v) is 7.59. The highest BCUT2D eigenvalue weighted by Gasteiger charge is 2.19. The normalized spacial score (nSPS) is 11.6. The molecule has 0 unspecified atom stereocenters. The number of amides is 1. The van der Waals surface area contributed by atoms with Gasteiger partial charge in [0, 0.05) is 10.9 Å². The van der Waals surface area contributed by atoms with E-state index in [0.29, 0.717) is 28.5 Å². The van der Waals surface area contributed by atoms with Crippen molar-refractivity contribution in [2.45, 2.75) is 13.0 Å². The Kier molecular flexibility index (Phi) is 6.45. The lowest BCUT2D eigenvalue weighted by molar-refractivity contribution is 0.0941. The number of methoxy groups -OCH3 is 3. The summed E-state index contributed by atoms with van der Waals surface area (Å²) in [6.45, 7) is 1.97. The van der Waals surface area contributed by atoms with Crippen LogP contribution in [0.4, 0.5) is 0 Å². The summed E-state index contributed by atoms with van der Waals surface area (Å²) in [7, 11) is 4.70. The molecule has 0 bridgehead atoms. The molecule has 0 aliphatic heterocycles. The first kappa shape index (κ1) is 22.1. The molecule has 0 radical (unpaired) electrons. The minimum absolute atomic E-state index is 0.143. The molecule has 1 atom stereocenters. The molecule has 0 aliphatic rings.